The minimum atomic E-state index is -4.45. The largest absolute Gasteiger partial charge is 0.433 e. The molecule has 0 radical (unpaired) electrons. The molecular weight excluding hydrogens is 319 g/mol. The van der Waals surface area contributed by atoms with Crippen LogP contribution < -0.4 is 4.90 Å². The molecule has 24 heavy (non-hydrogen) atoms. The van der Waals surface area contributed by atoms with Crippen molar-refractivity contribution in [2.75, 3.05) is 18.0 Å². The fourth-order valence-corrected chi connectivity index (χ4v) is 2.99. The lowest BCUT2D eigenvalue weighted by atomic mass is 9.99. The Morgan fingerprint density at radius 2 is 1.96 bits per heavy atom. The second kappa shape index (κ2) is 6.07. The number of anilines is 1. The van der Waals surface area contributed by atoms with Gasteiger partial charge in [-0.3, -0.25) is 0 Å². The molecular formula is C16H20F3N5. The molecule has 0 aliphatic carbocycles. The van der Waals surface area contributed by atoms with Crippen LogP contribution in [0.4, 0.5) is 19.0 Å². The maximum atomic E-state index is 12.9. The van der Waals surface area contributed by atoms with Gasteiger partial charge >= 0.3 is 6.18 Å². The summed E-state index contributed by atoms with van der Waals surface area (Å²) in [7, 11) is 0. The van der Waals surface area contributed by atoms with Crippen LogP contribution in [0, 0.1) is 12.8 Å². The molecule has 1 saturated heterocycles. The number of rotatable bonds is 4. The van der Waals surface area contributed by atoms with Gasteiger partial charge in [0, 0.05) is 49.9 Å². The average Bonchev–Trinajstić information content (AvgIpc) is 2.89. The second-order valence-corrected chi connectivity index (χ2v) is 6.52. The number of nitrogens with zero attached hydrogens (tertiary/aromatic N) is 5. The van der Waals surface area contributed by atoms with Gasteiger partial charge < -0.3 is 9.47 Å². The molecule has 1 aliphatic heterocycles. The molecule has 0 spiro atoms. The normalized spacial score (nSPS) is 15.9. The molecule has 3 heterocycles. The monoisotopic (exact) mass is 339 g/mol. The zero-order chi connectivity index (χ0) is 17.5. The standard InChI is InChI=1S/C16H20F3N5/c1-10(2)15-20-4-5-23(15)7-12-8-24(9-12)14-6-13(16(17,18)19)21-11(3)22-14/h4-6,10,12H,7-9H2,1-3H3. The SMILES string of the molecule is Cc1nc(N2CC(Cn3ccnc3C(C)C)C2)cc(C(F)(F)F)n1. The molecule has 0 saturated carbocycles. The van der Waals surface area contributed by atoms with Crippen molar-refractivity contribution in [2.24, 2.45) is 5.92 Å². The van der Waals surface area contributed by atoms with Crippen molar-refractivity contribution in [3.8, 4) is 0 Å². The first-order valence-corrected chi connectivity index (χ1v) is 7.93. The number of aromatic nitrogens is 4. The van der Waals surface area contributed by atoms with Crippen molar-refractivity contribution in [3.05, 3.63) is 35.8 Å². The van der Waals surface area contributed by atoms with Gasteiger partial charge in [-0.15, -0.1) is 0 Å². The van der Waals surface area contributed by atoms with Gasteiger partial charge in [0.25, 0.3) is 0 Å². The minimum Gasteiger partial charge on any atom is -0.356 e. The fourth-order valence-electron chi connectivity index (χ4n) is 2.99. The number of hydrogen-bond donors (Lipinski definition) is 0. The van der Waals surface area contributed by atoms with E-state index in [0.29, 0.717) is 30.7 Å². The average molecular weight is 339 g/mol. The molecule has 0 atom stereocenters. The van der Waals surface area contributed by atoms with Crippen LogP contribution >= 0.6 is 0 Å². The lowest BCUT2D eigenvalue weighted by molar-refractivity contribution is -0.141. The van der Waals surface area contributed by atoms with Crippen LogP contribution in [-0.4, -0.2) is 32.6 Å². The number of aryl methyl sites for hydroxylation is 1. The Labute approximate surface area is 138 Å². The molecule has 0 N–H and O–H groups in total. The smallest absolute Gasteiger partial charge is 0.356 e. The van der Waals surface area contributed by atoms with Crippen LogP contribution in [-0.2, 0) is 12.7 Å². The molecule has 0 aromatic carbocycles. The van der Waals surface area contributed by atoms with Crippen molar-refractivity contribution in [2.45, 2.75) is 39.4 Å². The summed E-state index contributed by atoms with van der Waals surface area (Å²) in [5.41, 5.74) is -0.884. The predicted octanol–water partition coefficient (Wildman–Crippen LogP) is 3.26. The van der Waals surface area contributed by atoms with Gasteiger partial charge in [-0.1, -0.05) is 13.8 Å². The van der Waals surface area contributed by atoms with Crippen molar-refractivity contribution < 1.29 is 13.2 Å². The lowest BCUT2D eigenvalue weighted by Gasteiger charge is -2.40. The summed E-state index contributed by atoms with van der Waals surface area (Å²) in [6.45, 7) is 7.85. The molecule has 8 heteroatoms. The van der Waals surface area contributed by atoms with Crippen LogP contribution in [0.1, 0.15) is 37.1 Å². The van der Waals surface area contributed by atoms with Gasteiger partial charge in [-0.2, -0.15) is 13.2 Å². The molecule has 0 unspecified atom stereocenters. The van der Waals surface area contributed by atoms with E-state index in [1.807, 2.05) is 11.1 Å². The molecule has 2 aromatic heterocycles. The highest BCUT2D eigenvalue weighted by molar-refractivity contribution is 5.43. The number of halogens is 3. The maximum absolute atomic E-state index is 12.9. The first-order valence-electron chi connectivity index (χ1n) is 7.93. The van der Waals surface area contributed by atoms with E-state index in [4.69, 9.17) is 0 Å². The summed E-state index contributed by atoms with van der Waals surface area (Å²) in [5, 5.41) is 0. The third-order valence-electron chi connectivity index (χ3n) is 4.12. The molecule has 130 valence electrons. The van der Waals surface area contributed by atoms with E-state index in [9.17, 15) is 13.2 Å². The summed E-state index contributed by atoms with van der Waals surface area (Å²) < 4.78 is 40.7. The van der Waals surface area contributed by atoms with E-state index >= 15 is 0 Å². The van der Waals surface area contributed by atoms with Crippen LogP contribution in [0.5, 0.6) is 0 Å². The first-order chi connectivity index (χ1) is 11.2. The first kappa shape index (κ1) is 16.7. The third-order valence-corrected chi connectivity index (χ3v) is 4.12. The summed E-state index contributed by atoms with van der Waals surface area (Å²) in [5.74, 6) is 2.24. The van der Waals surface area contributed by atoms with Crippen molar-refractivity contribution in [1.29, 1.82) is 0 Å². The lowest BCUT2D eigenvalue weighted by Crippen LogP contribution is -2.49. The van der Waals surface area contributed by atoms with Crippen molar-refractivity contribution in [1.82, 2.24) is 19.5 Å². The van der Waals surface area contributed by atoms with E-state index in [1.165, 1.54) is 6.92 Å². The topological polar surface area (TPSA) is 46.8 Å². The van der Waals surface area contributed by atoms with E-state index in [-0.39, 0.29) is 5.82 Å². The molecule has 2 aromatic rings. The number of alkyl halides is 3. The van der Waals surface area contributed by atoms with Crippen LogP contribution in [0.3, 0.4) is 0 Å². The molecule has 1 fully saturated rings. The van der Waals surface area contributed by atoms with Gasteiger partial charge in [-0.25, -0.2) is 15.0 Å². The Hall–Kier alpha value is -2.12. The van der Waals surface area contributed by atoms with Crippen molar-refractivity contribution >= 4 is 5.82 Å². The highest BCUT2D eigenvalue weighted by Crippen LogP contribution is 2.32. The number of imidazole rings is 1. The van der Waals surface area contributed by atoms with Gasteiger partial charge in [0.2, 0.25) is 0 Å². The highest BCUT2D eigenvalue weighted by Gasteiger charge is 2.35. The minimum absolute atomic E-state index is 0.139. The summed E-state index contributed by atoms with van der Waals surface area (Å²) in [4.78, 5) is 13.8. The maximum Gasteiger partial charge on any atom is 0.433 e. The zero-order valence-corrected chi connectivity index (χ0v) is 13.9. The van der Waals surface area contributed by atoms with E-state index in [2.05, 4.69) is 33.4 Å². The third kappa shape index (κ3) is 3.37. The van der Waals surface area contributed by atoms with Crippen molar-refractivity contribution in [3.63, 3.8) is 0 Å². The Bertz CT molecular complexity index is 717. The molecule has 1 aliphatic rings. The van der Waals surface area contributed by atoms with E-state index in [1.54, 1.807) is 6.20 Å². The van der Waals surface area contributed by atoms with Gasteiger partial charge in [0.05, 0.1) is 0 Å². The van der Waals surface area contributed by atoms with Gasteiger partial charge in [-0.05, 0) is 6.92 Å². The van der Waals surface area contributed by atoms with Crippen LogP contribution in [0.15, 0.2) is 18.5 Å². The summed E-state index contributed by atoms with van der Waals surface area (Å²) >= 11 is 0. The molecule has 0 bridgehead atoms. The van der Waals surface area contributed by atoms with Crippen LogP contribution in [0.2, 0.25) is 0 Å². The predicted molar refractivity (Wildman–Crippen MR) is 83.8 cm³/mol. The van der Waals surface area contributed by atoms with Crippen LogP contribution in [0.25, 0.3) is 0 Å². The van der Waals surface area contributed by atoms with E-state index < -0.39 is 11.9 Å². The Kier molecular flexibility index (Phi) is 4.23. The Morgan fingerprint density at radius 1 is 1.25 bits per heavy atom. The Balaban J connectivity index is 1.66. The summed E-state index contributed by atoms with van der Waals surface area (Å²) in [6.07, 6.45) is -0.709. The molecule has 3 rings (SSSR count). The summed E-state index contributed by atoms with van der Waals surface area (Å²) in [6, 6.07) is 1.03. The molecule has 5 nitrogen and oxygen atoms in total. The second-order valence-electron chi connectivity index (χ2n) is 6.52. The van der Waals surface area contributed by atoms with Gasteiger partial charge in [0.1, 0.15) is 23.2 Å². The highest BCUT2D eigenvalue weighted by atomic mass is 19.4. The molecule has 0 amide bonds. The Morgan fingerprint density at radius 3 is 2.58 bits per heavy atom. The number of hydrogen-bond acceptors (Lipinski definition) is 4. The fraction of sp³-hybridized carbons (Fsp3) is 0.562. The van der Waals surface area contributed by atoms with E-state index in [0.717, 1.165) is 18.4 Å². The van der Waals surface area contributed by atoms with Gasteiger partial charge in [0.15, 0.2) is 0 Å². The zero-order valence-electron chi connectivity index (χ0n) is 13.9. The quantitative estimate of drug-likeness (QED) is 0.858.